The first-order valence-electron chi connectivity index (χ1n) is 12.6. The molecule has 1 aromatic carbocycles. The second-order valence-electron chi connectivity index (χ2n) is 11.2. The molecule has 2 bridgehead atoms. The number of piperidine rings is 1. The smallest absolute Gasteiger partial charge is 0.206 e. The average molecular weight is 442 g/mol. The fourth-order valence-corrected chi connectivity index (χ4v) is 8.42. The van der Waals surface area contributed by atoms with Crippen LogP contribution in [-0.2, 0) is 21.3 Å². The predicted octanol–water partition coefficient (Wildman–Crippen LogP) is 3.03. The van der Waals surface area contributed by atoms with Gasteiger partial charge >= 0.3 is 0 Å². The van der Waals surface area contributed by atoms with E-state index in [9.17, 15) is 5.11 Å². The number of fused-ring (bicyclic) bond motifs is 2. The summed E-state index contributed by atoms with van der Waals surface area (Å²) in [4.78, 5) is 2.36. The molecule has 2 saturated carbocycles. The molecule has 1 N–H and O–H groups in total. The minimum atomic E-state index is -0.855. The summed E-state index contributed by atoms with van der Waals surface area (Å²) in [6.45, 7) is 2.41. The van der Waals surface area contributed by atoms with Gasteiger partial charge in [0.15, 0.2) is 17.6 Å². The summed E-state index contributed by atoms with van der Waals surface area (Å²) in [6, 6.07) is 4.29. The maximum absolute atomic E-state index is 12.5. The third kappa shape index (κ3) is 2.25. The van der Waals surface area contributed by atoms with Gasteiger partial charge < -0.3 is 29.0 Å². The number of aliphatic hydroxyl groups is 1. The molecule has 3 heterocycles. The van der Waals surface area contributed by atoms with Crippen molar-refractivity contribution in [3.8, 4) is 11.5 Å². The van der Waals surface area contributed by atoms with Crippen molar-refractivity contribution >= 4 is 0 Å². The van der Waals surface area contributed by atoms with Crippen molar-refractivity contribution in [2.24, 2.45) is 11.8 Å². The van der Waals surface area contributed by atoms with Crippen LogP contribution in [0.15, 0.2) is 12.1 Å². The van der Waals surface area contributed by atoms with Gasteiger partial charge in [0, 0.05) is 18.0 Å². The van der Waals surface area contributed by atoms with Gasteiger partial charge in [-0.3, -0.25) is 0 Å². The Kier molecular flexibility index (Phi) is 4.15. The lowest BCUT2D eigenvalue weighted by Crippen LogP contribution is -2.79. The van der Waals surface area contributed by atoms with Crippen LogP contribution in [0, 0.1) is 11.8 Å². The van der Waals surface area contributed by atoms with Crippen molar-refractivity contribution in [1.29, 1.82) is 0 Å². The van der Waals surface area contributed by atoms with Crippen LogP contribution in [0.4, 0.5) is 0 Å². The molecule has 6 atom stereocenters. The van der Waals surface area contributed by atoms with Gasteiger partial charge in [-0.15, -0.1) is 0 Å². The maximum atomic E-state index is 12.5. The average Bonchev–Trinajstić information content (AvgIpc) is 3.06. The summed E-state index contributed by atoms with van der Waals surface area (Å²) in [7, 11) is 3.86. The van der Waals surface area contributed by atoms with Gasteiger partial charge in [0.05, 0.1) is 31.3 Å². The van der Waals surface area contributed by atoms with E-state index in [2.05, 4.69) is 18.0 Å². The first kappa shape index (κ1) is 20.1. The van der Waals surface area contributed by atoms with Crippen molar-refractivity contribution in [3.63, 3.8) is 0 Å². The van der Waals surface area contributed by atoms with Crippen molar-refractivity contribution < 1.29 is 24.1 Å². The molecule has 6 aliphatic rings. The number of benzene rings is 1. The Morgan fingerprint density at radius 2 is 1.81 bits per heavy atom. The molecule has 0 radical (unpaired) electrons. The third-order valence-electron chi connectivity index (χ3n) is 10.1. The highest BCUT2D eigenvalue weighted by Crippen LogP contribution is 2.68. The Balaban J connectivity index is 1.39. The second-order valence-corrected chi connectivity index (χ2v) is 11.2. The van der Waals surface area contributed by atoms with Gasteiger partial charge in [-0.05, 0) is 69.2 Å². The molecule has 2 saturated heterocycles. The van der Waals surface area contributed by atoms with Crippen LogP contribution in [0.25, 0.3) is 0 Å². The van der Waals surface area contributed by atoms with Crippen LogP contribution in [-0.4, -0.2) is 67.5 Å². The van der Waals surface area contributed by atoms with Gasteiger partial charge in [-0.1, -0.05) is 18.9 Å². The zero-order valence-electron chi connectivity index (χ0n) is 19.3. The lowest BCUT2D eigenvalue weighted by molar-refractivity contribution is -0.329. The van der Waals surface area contributed by atoms with Crippen molar-refractivity contribution in [2.45, 2.75) is 80.3 Å². The quantitative estimate of drug-likeness (QED) is 0.723. The molecule has 6 heteroatoms. The number of hydrogen-bond donors (Lipinski definition) is 1. The summed E-state index contributed by atoms with van der Waals surface area (Å²) < 4.78 is 26.1. The summed E-state index contributed by atoms with van der Waals surface area (Å²) >= 11 is 0. The highest BCUT2D eigenvalue weighted by atomic mass is 16.7. The standard InChI is InChI=1S/C26H35NO5/c1-27-12-11-24-21-16-7-8-19(29-2)22(21)32-23(24)26(10-9-25(24,28)20(27)13-16)30-14-17-5-3-4-6-18(17)15-31-26/h7-8,17-18,20,23,28H,3-6,9-15H2,1-2H3/t17?,18?,20-,23-,24+,25?,26?/m1/s1. The van der Waals surface area contributed by atoms with E-state index in [4.69, 9.17) is 18.9 Å². The molecule has 3 aliphatic carbocycles. The molecule has 2 spiro atoms. The SMILES string of the molecule is COc1ccc2c3c1O[C@H]1C4(CCC5(O)[C@@H](C2)N(C)CC[C@]315)OCC1CCCCC1CO4. The summed E-state index contributed by atoms with van der Waals surface area (Å²) in [5.74, 6) is 1.91. The van der Waals surface area contributed by atoms with Crippen molar-refractivity contribution in [1.82, 2.24) is 4.90 Å². The molecular weight excluding hydrogens is 406 g/mol. The van der Waals surface area contributed by atoms with Crippen LogP contribution in [0.5, 0.6) is 11.5 Å². The van der Waals surface area contributed by atoms with Gasteiger partial charge in [0.1, 0.15) is 0 Å². The van der Waals surface area contributed by atoms with Gasteiger partial charge in [0.2, 0.25) is 5.79 Å². The van der Waals surface area contributed by atoms with E-state index in [1.807, 2.05) is 6.07 Å². The first-order chi connectivity index (χ1) is 15.5. The number of likely N-dealkylation sites (tertiary alicyclic amines) is 1. The molecule has 3 aliphatic heterocycles. The van der Waals surface area contributed by atoms with Crippen molar-refractivity contribution in [2.75, 3.05) is 33.9 Å². The van der Waals surface area contributed by atoms with Crippen LogP contribution in [0.1, 0.15) is 56.1 Å². The molecule has 3 unspecified atom stereocenters. The largest absolute Gasteiger partial charge is 0.493 e. The van der Waals surface area contributed by atoms with E-state index in [1.165, 1.54) is 36.8 Å². The Labute approximate surface area is 190 Å². The normalized spacial score (nSPS) is 46.7. The van der Waals surface area contributed by atoms with Gasteiger partial charge in [0.25, 0.3) is 0 Å². The van der Waals surface area contributed by atoms with Gasteiger partial charge in [-0.25, -0.2) is 0 Å². The Bertz CT molecular complexity index is 934. The van der Waals surface area contributed by atoms with E-state index in [0.717, 1.165) is 44.1 Å². The maximum Gasteiger partial charge on any atom is 0.206 e. The summed E-state index contributed by atoms with van der Waals surface area (Å²) in [5.41, 5.74) is 1.08. The molecule has 4 fully saturated rings. The molecule has 174 valence electrons. The Hall–Kier alpha value is -1.34. The zero-order valence-corrected chi connectivity index (χ0v) is 19.3. The summed E-state index contributed by atoms with van der Waals surface area (Å²) in [5, 5.41) is 12.5. The first-order valence-corrected chi connectivity index (χ1v) is 12.6. The fraction of sp³-hybridized carbons (Fsp3) is 0.769. The van der Waals surface area contributed by atoms with Crippen LogP contribution in [0.3, 0.4) is 0 Å². The van der Waals surface area contributed by atoms with Crippen LogP contribution < -0.4 is 9.47 Å². The minimum Gasteiger partial charge on any atom is -0.493 e. The lowest BCUT2D eigenvalue weighted by Gasteiger charge is -2.65. The molecule has 32 heavy (non-hydrogen) atoms. The van der Waals surface area contributed by atoms with E-state index in [-0.39, 0.29) is 12.1 Å². The number of methoxy groups -OCH3 is 1. The predicted molar refractivity (Wildman–Crippen MR) is 118 cm³/mol. The molecule has 6 nitrogen and oxygen atoms in total. The molecule has 1 aromatic rings. The van der Waals surface area contributed by atoms with Gasteiger partial charge in [-0.2, -0.15) is 0 Å². The van der Waals surface area contributed by atoms with Crippen molar-refractivity contribution in [3.05, 3.63) is 23.3 Å². The van der Waals surface area contributed by atoms with E-state index >= 15 is 0 Å². The third-order valence-corrected chi connectivity index (χ3v) is 10.1. The Morgan fingerprint density at radius 1 is 1.06 bits per heavy atom. The monoisotopic (exact) mass is 441 g/mol. The molecule has 7 rings (SSSR count). The van der Waals surface area contributed by atoms with Crippen LogP contribution >= 0.6 is 0 Å². The van der Waals surface area contributed by atoms with E-state index in [0.29, 0.717) is 24.7 Å². The highest BCUT2D eigenvalue weighted by Gasteiger charge is 2.77. The lowest BCUT2D eigenvalue weighted by atomic mass is 9.48. The number of nitrogens with zero attached hydrogens (tertiary/aromatic N) is 1. The molecule has 0 amide bonds. The zero-order chi connectivity index (χ0) is 21.7. The second kappa shape index (κ2) is 6.62. The number of ether oxygens (including phenoxy) is 4. The molecule has 0 aromatic heterocycles. The van der Waals surface area contributed by atoms with E-state index < -0.39 is 16.8 Å². The number of hydrogen-bond acceptors (Lipinski definition) is 6. The number of rotatable bonds is 1. The molecular formula is C26H35NO5. The minimum absolute atomic E-state index is 0.0832. The van der Waals surface area contributed by atoms with Crippen LogP contribution in [0.2, 0.25) is 0 Å². The highest BCUT2D eigenvalue weighted by molar-refractivity contribution is 5.63. The van der Waals surface area contributed by atoms with E-state index in [1.54, 1.807) is 7.11 Å². The fourth-order valence-electron chi connectivity index (χ4n) is 8.42. The number of likely N-dealkylation sites (N-methyl/N-ethyl adjacent to an activating group) is 1. The summed E-state index contributed by atoms with van der Waals surface area (Å²) in [6.07, 6.45) is 7.73. The Morgan fingerprint density at radius 3 is 2.53 bits per heavy atom. The topological polar surface area (TPSA) is 60.4 Å².